The Bertz CT molecular complexity index is 951. The van der Waals surface area contributed by atoms with Crippen LogP contribution >= 0.6 is 0 Å². The van der Waals surface area contributed by atoms with E-state index in [1.165, 1.54) is 11.1 Å². The van der Waals surface area contributed by atoms with Gasteiger partial charge in [0.2, 0.25) is 5.82 Å². The number of fused-ring (bicyclic) bond motifs is 2. The molecule has 0 unspecified atom stereocenters. The number of aryl methyl sites for hydroxylation is 3. The summed E-state index contributed by atoms with van der Waals surface area (Å²) in [4.78, 5) is 19.2. The molecule has 3 aromatic rings. The van der Waals surface area contributed by atoms with E-state index in [4.69, 9.17) is 0 Å². The van der Waals surface area contributed by atoms with Gasteiger partial charge in [-0.2, -0.15) is 0 Å². The molecule has 24 heavy (non-hydrogen) atoms. The van der Waals surface area contributed by atoms with Crippen molar-refractivity contribution < 1.29 is 4.79 Å². The smallest absolute Gasteiger partial charge is 0.297 e. The normalized spacial score (nSPS) is 13.8. The summed E-state index contributed by atoms with van der Waals surface area (Å²) >= 11 is 0. The molecule has 0 atom stereocenters. The Morgan fingerprint density at radius 2 is 1.88 bits per heavy atom. The van der Waals surface area contributed by atoms with Crippen LogP contribution in [0.5, 0.6) is 0 Å². The third-order valence-electron chi connectivity index (χ3n) is 4.42. The number of amides is 1. The Morgan fingerprint density at radius 1 is 1.08 bits per heavy atom. The third-order valence-corrected chi connectivity index (χ3v) is 4.42. The number of aromatic nitrogens is 3. The molecule has 5 nitrogen and oxygen atoms in total. The van der Waals surface area contributed by atoms with Gasteiger partial charge in [0.05, 0.1) is 11.2 Å². The molecule has 0 fully saturated rings. The predicted octanol–water partition coefficient (Wildman–Crippen LogP) is 3.23. The Labute approximate surface area is 140 Å². The molecule has 1 aromatic heterocycles. The van der Waals surface area contributed by atoms with Crippen LogP contribution in [-0.2, 0) is 6.42 Å². The van der Waals surface area contributed by atoms with Crippen LogP contribution in [0, 0.1) is 13.8 Å². The highest BCUT2D eigenvalue weighted by Crippen LogP contribution is 2.32. The minimum absolute atomic E-state index is 0.154. The molecule has 0 spiro atoms. The number of benzene rings is 2. The summed E-state index contributed by atoms with van der Waals surface area (Å²) in [6.07, 6.45) is 1.95. The van der Waals surface area contributed by atoms with Gasteiger partial charge in [0.15, 0.2) is 0 Å². The van der Waals surface area contributed by atoms with Gasteiger partial charge in [-0.15, -0.1) is 10.2 Å². The molecular weight excluding hydrogens is 300 g/mol. The number of nitrogens with zero attached hydrogens (tertiary/aromatic N) is 4. The van der Waals surface area contributed by atoms with Gasteiger partial charge in [-0.25, -0.2) is 4.98 Å². The molecule has 2 aromatic carbocycles. The lowest BCUT2D eigenvalue weighted by molar-refractivity contribution is 0.0974. The van der Waals surface area contributed by atoms with Crippen molar-refractivity contribution in [3.8, 4) is 0 Å². The Kier molecular flexibility index (Phi) is 3.49. The molecule has 0 saturated carbocycles. The number of carbonyl (C=O) groups excluding carboxylic acids is 1. The highest BCUT2D eigenvalue weighted by atomic mass is 16.2. The number of carbonyl (C=O) groups is 1. The quantitative estimate of drug-likeness (QED) is 0.691. The second-order valence-corrected chi connectivity index (χ2v) is 6.27. The number of hydrogen-bond acceptors (Lipinski definition) is 4. The van der Waals surface area contributed by atoms with E-state index in [0.29, 0.717) is 17.6 Å². The van der Waals surface area contributed by atoms with Crippen LogP contribution in [0.3, 0.4) is 0 Å². The summed E-state index contributed by atoms with van der Waals surface area (Å²) in [6.45, 7) is 4.83. The summed E-state index contributed by atoms with van der Waals surface area (Å²) in [7, 11) is 0. The van der Waals surface area contributed by atoms with E-state index in [-0.39, 0.29) is 11.7 Å². The SMILES string of the molecule is Cc1cc(C)c2c(c1)CCCN2C(=O)c1nnc2ccccc2n1. The van der Waals surface area contributed by atoms with Crippen molar-refractivity contribution in [2.75, 3.05) is 11.4 Å². The van der Waals surface area contributed by atoms with Gasteiger partial charge in [0.25, 0.3) is 5.91 Å². The van der Waals surface area contributed by atoms with E-state index in [0.717, 1.165) is 24.1 Å². The van der Waals surface area contributed by atoms with Crippen LogP contribution < -0.4 is 4.90 Å². The predicted molar refractivity (Wildman–Crippen MR) is 93.2 cm³/mol. The van der Waals surface area contributed by atoms with Gasteiger partial charge in [-0.05, 0) is 49.9 Å². The average molecular weight is 318 g/mol. The van der Waals surface area contributed by atoms with Crippen LogP contribution in [0.2, 0.25) is 0 Å². The highest BCUT2D eigenvalue weighted by molar-refractivity contribution is 6.05. The molecule has 0 radical (unpaired) electrons. The van der Waals surface area contributed by atoms with E-state index in [9.17, 15) is 4.79 Å². The summed E-state index contributed by atoms with van der Waals surface area (Å²) in [6, 6.07) is 11.7. The average Bonchev–Trinajstić information content (AvgIpc) is 2.60. The van der Waals surface area contributed by atoms with Gasteiger partial charge in [0.1, 0.15) is 5.52 Å². The van der Waals surface area contributed by atoms with Crippen molar-refractivity contribution in [2.24, 2.45) is 0 Å². The fraction of sp³-hybridized carbons (Fsp3) is 0.263. The number of anilines is 1. The fourth-order valence-corrected chi connectivity index (χ4v) is 3.46. The molecule has 0 bridgehead atoms. The van der Waals surface area contributed by atoms with Crippen molar-refractivity contribution in [2.45, 2.75) is 26.7 Å². The van der Waals surface area contributed by atoms with Crippen molar-refractivity contribution >= 4 is 22.6 Å². The topological polar surface area (TPSA) is 59.0 Å². The van der Waals surface area contributed by atoms with Crippen molar-refractivity contribution in [3.63, 3.8) is 0 Å². The van der Waals surface area contributed by atoms with E-state index >= 15 is 0 Å². The first-order valence-electron chi connectivity index (χ1n) is 8.15. The molecule has 1 amide bonds. The molecule has 0 saturated heterocycles. The summed E-state index contributed by atoms with van der Waals surface area (Å²) in [5, 5.41) is 8.18. The molecule has 5 heteroatoms. The number of rotatable bonds is 1. The lowest BCUT2D eigenvalue weighted by Gasteiger charge is -2.30. The Balaban J connectivity index is 1.78. The second-order valence-electron chi connectivity index (χ2n) is 6.27. The van der Waals surface area contributed by atoms with Crippen LogP contribution in [0.25, 0.3) is 11.0 Å². The summed E-state index contributed by atoms with van der Waals surface area (Å²) in [5.74, 6) is -0.0253. The van der Waals surface area contributed by atoms with Crippen LogP contribution in [-0.4, -0.2) is 27.6 Å². The first-order chi connectivity index (χ1) is 11.6. The van der Waals surface area contributed by atoms with E-state index in [2.05, 4.69) is 41.2 Å². The maximum Gasteiger partial charge on any atom is 0.297 e. The zero-order chi connectivity index (χ0) is 16.7. The maximum absolute atomic E-state index is 13.0. The van der Waals surface area contributed by atoms with Crippen molar-refractivity contribution in [1.82, 2.24) is 15.2 Å². The first-order valence-corrected chi connectivity index (χ1v) is 8.15. The van der Waals surface area contributed by atoms with E-state index in [1.807, 2.05) is 24.3 Å². The first kappa shape index (κ1) is 14.8. The Hall–Kier alpha value is -2.82. The zero-order valence-electron chi connectivity index (χ0n) is 13.8. The van der Waals surface area contributed by atoms with Gasteiger partial charge in [-0.3, -0.25) is 4.79 Å². The van der Waals surface area contributed by atoms with Crippen LogP contribution in [0.4, 0.5) is 5.69 Å². The molecule has 1 aliphatic rings. The molecule has 4 rings (SSSR count). The molecule has 0 N–H and O–H groups in total. The molecule has 1 aliphatic heterocycles. The minimum atomic E-state index is -0.179. The monoisotopic (exact) mass is 318 g/mol. The van der Waals surface area contributed by atoms with Gasteiger partial charge in [-0.1, -0.05) is 29.8 Å². The standard InChI is InChI=1S/C19H18N4O/c1-12-10-13(2)17-14(11-12)6-5-9-23(17)19(24)18-20-15-7-3-4-8-16(15)21-22-18/h3-4,7-8,10-11H,5-6,9H2,1-2H3. The number of hydrogen-bond donors (Lipinski definition) is 0. The molecule has 0 aliphatic carbocycles. The van der Waals surface area contributed by atoms with E-state index < -0.39 is 0 Å². The van der Waals surface area contributed by atoms with Crippen LogP contribution in [0.1, 0.15) is 33.7 Å². The lowest BCUT2D eigenvalue weighted by Crippen LogP contribution is -2.37. The van der Waals surface area contributed by atoms with Crippen molar-refractivity contribution in [3.05, 3.63) is 58.9 Å². The van der Waals surface area contributed by atoms with Gasteiger partial charge in [0, 0.05) is 6.54 Å². The molecule has 2 heterocycles. The molecule has 120 valence electrons. The lowest BCUT2D eigenvalue weighted by atomic mass is 9.96. The maximum atomic E-state index is 13.0. The van der Waals surface area contributed by atoms with Crippen molar-refractivity contribution in [1.29, 1.82) is 0 Å². The van der Waals surface area contributed by atoms with Crippen LogP contribution in [0.15, 0.2) is 36.4 Å². The highest BCUT2D eigenvalue weighted by Gasteiger charge is 2.27. The fourth-order valence-electron chi connectivity index (χ4n) is 3.46. The van der Waals surface area contributed by atoms with E-state index in [1.54, 1.807) is 4.90 Å². The zero-order valence-corrected chi connectivity index (χ0v) is 13.8. The minimum Gasteiger partial charge on any atom is -0.305 e. The largest absolute Gasteiger partial charge is 0.305 e. The second kappa shape index (κ2) is 5.67. The third kappa shape index (κ3) is 2.42. The summed E-state index contributed by atoms with van der Waals surface area (Å²) < 4.78 is 0. The summed E-state index contributed by atoms with van der Waals surface area (Å²) in [5.41, 5.74) is 5.96. The Morgan fingerprint density at radius 3 is 2.71 bits per heavy atom. The van der Waals surface area contributed by atoms with Gasteiger partial charge < -0.3 is 4.90 Å². The molecular formula is C19H18N4O. The number of para-hydroxylation sites is 1. The van der Waals surface area contributed by atoms with Gasteiger partial charge >= 0.3 is 0 Å².